The summed E-state index contributed by atoms with van der Waals surface area (Å²) in [6.45, 7) is 2.14. The van der Waals surface area contributed by atoms with Crippen molar-refractivity contribution in [2.45, 2.75) is 13.5 Å². The Labute approximate surface area is 210 Å². The molecular formula is C25H20ClN3O5S. The summed E-state index contributed by atoms with van der Waals surface area (Å²) in [6.07, 6.45) is 1.70. The Morgan fingerprint density at radius 3 is 2.51 bits per heavy atom. The van der Waals surface area contributed by atoms with E-state index in [4.69, 9.17) is 21.1 Å². The SMILES string of the molecule is COc1cc(/C=C2\SC(=Nc3ccc(C)cc3)NC2=O)cc(Cl)c1OCc1ccc([N+](=O)[O-])cc1. The largest absolute Gasteiger partial charge is 0.493 e. The molecule has 1 aliphatic rings. The number of hydrogen-bond donors (Lipinski definition) is 1. The van der Waals surface area contributed by atoms with Crippen molar-refractivity contribution in [3.05, 3.63) is 97.4 Å². The molecule has 0 saturated carbocycles. The lowest BCUT2D eigenvalue weighted by atomic mass is 10.1. The molecule has 0 unspecified atom stereocenters. The van der Waals surface area contributed by atoms with Gasteiger partial charge in [-0.2, -0.15) is 0 Å². The molecule has 8 nitrogen and oxygen atoms in total. The van der Waals surface area contributed by atoms with Gasteiger partial charge in [0.1, 0.15) is 6.61 Å². The van der Waals surface area contributed by atoms with E-state index in [-0.39, 0.29) is 18.2 Å². The molecule has 178 valence electrons. The maximum Gasteiger partial charge on any atom is 0.269 e. The minimum absolute atomic E-state index is 0.00245. The first-order valence-electron chi connectivity index (χ1n) is 10.4. The second-order valence-electron chi connectivity index (χ2n) is 7.56. The second-order valence-corrected chi connectivity index (χ2v) is 9.00. The number of halogens is 1. The lowest BCUT2D eigenvalue weighted by Gasteiger charge is -2.13. The number of amides is 1. The lowest BCUT2D eigenvalue weighted by Crippen LogP contribution is -2.19. The van der Waals surface area contributed by atoms with Crippen molar-refractivity contribution >= 4 is 51.9 Å². The van der Waals surface area contributed by atoms with Crippen molar-refractivity contribution < 1.29 is 19.2 Å². The fraction of sp³-hybridized carbons (Fsp3) is 0.120. The zero-order chi connectivity index (χ0) is 24.9. The average Bonchev–Trinajstić information content (AvgIpc) is 3.18. The number of nitro benzene ring substituents is 1. The van der Waals surface area contributed by atoms with Crippen LogP contribution in [0.25, 0.3) is 6.08 Å². The maximum absolute atomic E-state index is 12.5. The van der Waals surface area contributed by atoms with E-state index in [0.717, 1.165) is 16.8 Å². The van der Waals surface area contributed by atoms with Gasteiger partial charge in [0.25, 0.3) is 11.6 Å². The molecule has 0 bridgehead atoms. The number of non-ortho nitro benzene ring substituents is 1. The van der Waals surface area contributed by atoms with Crippen LogP contribution in [0.5, 0.6) is 11.5 Å². The summed E-state index contributed by atoms with van der Waals surface area (Å²) in [7, 11) is 1.49. The lowest BCUT2D eigenvalue weighted by molar-refractivity contribution is -0.384. The molecule has 0 spiro atoms. The molecule has 1 heterocycles. The van der Waals surface area contributed by atoms with Gasteiger partial charge in [0.15, 0.2) is 16.7 Å². The first-order valence-corrected chi connectivity index (χ1v) is 11.6. The van der Waals surface area contributed by atoms with Gasteiger partial charge in [0.05, 0.1) is 27.6 Å². The van der Waals surface area contributed by atoms with Crippen LogP contribution < -0.4 is 14.8 Å². The number of benzene rings is 3. The topological polar surface area (TPSA) is 103 Å². The Kier molecular flexibility index (Phi) is 7.38. The van der Waals surface area contributed by atoms with E-state index in [9.17, 15) is 14.9 Å². The highest BCUT2D eigenvalue weighted by molar-refractivity contribution is 8.18. The van der Waals surface area contributed by atoms with Crippen molar-refractivity contribution in [3.63, 3.8) is 0 Å². The summed E-state index contributed by atoms with van der Waals surface area (Å²) >= 11 is 7.70. The van der Waals surface area contributed by atoms with Crippen LogP contribution in [-0.4, -0.2) is 23.1 Å². The molecule has 0 radical (unpaired) electrons. The smallest absolute Gasteiger partial charge is 0.269 e. The van der Waals surface area contributed by atoms with E-state index in [1.807, 2.05) is 31.2 Å². The van der Waals surface area contributed by atoms with Crippen LogP contribution in [0.2, 0.25) is 5.02 Å². The molecule has 35 heavy (non-hydrogen) atoms. The van der Waals surface area contributed by atoms with Crippen LogP contribution in [0.15, 0.2) is 70.6 Å². The molecule has 3 aromatic carbocycles. The van der Waals surface area contributed by atoms with Gasteiger partial charge in [-0.25, -0.2) is 4.99 Å². The minimum atomic E-state index is -0.460. The van der Waals surface area contributed by atoms with E-state index in [1.165, 1.54) is 31.0 Å². The summed E-state index contributed by atoms with van der Waals surface area (Å²) in [5, 5.41) is 14.4. The monoisotopic (exact) mass is 509 g/mol. The number of rotatable bonds is 7. The number of aliphatic imine (C=N–C) groups is 1. The number of carbonyl (C=O) groups excluding carboxylic acids is 1. The highest BCUT2D eigenvalue weighted by atomic mass is 35.5. The first-order chi connectivity index (χ1) is 16.8. The maximum atomic E-state index is 12.5. The van der Waals surface area contributed by atoms with Crippen LogP contribution in [0.4, 0.5) is 11.4 Å². The first kappa shape index (κ1) is 24.3. The molecule has 4 rings (SSSR count). The van der Waals surface area contributed by atoms with E-state index in [2.05, 4.69) is 10.3 Å². The standard InChI is InChI=1S/C25H20ClN3O5S/c1-15-3-7-18(8-4-15)27-25-28-24(30)22(35-25)13-17-11-20(26)23(21(12-17)33-2)34-14-16-5-9-19(10-6-16)29(31)32/h3-13H,14H2,1-2H3,(H,27,28,30)/b22-13-. The van der Waals surface area contributed by atoms with Crippen molar-refractivity contribution in [3.8, 4) is 11.5 Å². The minimum Gasteiger partial charge on any atom is -0.493 e. The molecule has 0 atom stereocenters. The van der Waals surface area contributed by atoms with Gasteiger partial charge in [-0.3, -0.25) is 14.9 Å². The number of amidine groups is 1. The molecule has 1 N–H and O–H groups in total. The number of hydrogen-bond acceptors (Lipinski definition) is 7. The van der Waals surface area contributed by atoms with Gasteiger partial charge < -0.3 is 14.8 Å². The number of thioether (sulfide) groups is 1. The van der Waals surface area contributed by atoms with Crippen LogP contribution in [-0.2, 0) is 11.4 Å². The third-order valence-corrected chi connectivity index (χ3v) is 6.19. The molecule has 1 fully saturated rings. The fourth-order valence-corrected chi connectivity index (χ4v) is 4.32. The van der Waals surface area contributed by atoms with Gasteiger partial charge in [0, 0.05) is 12.1 Å². The third-order valence-electron chi connectivity index (χ3n) is 5.00. The Morgan fingerprint density at radius 2 is 1.86 bits per heavy atom. The average molecular weight is 510 g/mol. The summed E-state index contributed by atoms with van der Waals surface area (Å²) < 4.78 is 11.3. The quantitative estimate of drug-likeness (QED) is 0.237. The van der Waals surface area contributed by atoms with Crippen molar-refractivity contribution in [1.82, 2.24) is 5.32 Å². The fourth-order valence-electron chi connectivity index (χ4n) is 3.20. The Bertz CT molecular complexity index is 1340. The second kappa shape index (κ2) is 10.6. The summed E-state index contributed by atoms with van der Waals surface area (Å²) in [5.41, 5.74) is 3.27. The molecule has 1 saturated heterocycles. The van der Waals surface area contributed by atoms with Gasteiger partial charge in [0.2, 0.25) is 0 Å². The zero-order valence-electron chi connectivity index (χ0n) is 18.8. The Balaban J connectivity index is 1.50. The molecule has 0 aromatic heterocycles. The zero-order valence-corrected chi connectivity index (χ0v) is 20.4. The van der Waals surface area contributed by atoms with Crippen LogP contribution in [0.3, 0.4) is 0 Å². The molecule has 1 aliphatic heterocycles. The number of aryl methyl sites for hydroxylation is 1. The number of nitrogens with one attached hydrogen (secondary N) is 1. The molecule has 10 heteroatoms. The van der Waals surface area contributed by atoms with Crippen LogP contribution in [0, 0.1) is 17.0 Å². The molecule has 3 aromatic rings. The van der Waals surface area contributed by atoms with Crippen molar-refractivity contribution in [2.24, 2.45) is 4.99 Å². The van der Waals surface area contributed by atoms with Gasteiger partial charge in [-0.15, -0.1) is 0 Å². The Morgan fingerprint density at radius 1 is 1.14 bits per heavy atom. The predicted molar refractivity (Wildman–Crippen MR) is 137 cm³/mol. The summed E-state index contributed by atoms with van der Waals surface area (Å²) in [5.74, 6) is 0.470. The van der Waals surface area contributed by atoms with E-state index in [1.54, 1.807) is 30.3 Å². The molecule has 0 aliphatic carbocycles. The van der Waals surface area contributed by atoms with Crippen LogP contribution >= 0.6 is 23.4 Å². The van der Waals surface area contributed by atoms with Crippen LogP contribution in [0.1, 0.15) is 16.7 Å². The van der Waals surface area contributed by atoms with Crippen molar-refractivity contribution in [2.75, 3.05) is 7.11 Å². The number of ether oxygens (including phenoxy) is 2. The highest BCUT2D eigenvalue weighted by Crippen LogP contribution is 2.38. The number of carbonyl (C=O) groups is 1. The van der Waals surface area contributed by atoms with Gasteiger partial charge in [-0.05, 0) is 72.3 Å². The van der Waals surface area contributed by atoms with E-state index >= 15 is 0 Å². The number of nitro groups is 1. The van der Waals surface area contributed by atoms with Gasteiger partial charge >= 0.3 is 0 Å². The van der Waals surface area contributed by atoms with E-state index in [0.29, 0.717) is 32.2 Å². The third kappa shape index (κ3) is 6.00. The normalized spacial score (nSPS) is 15.3. The number of methoxy groups -OCH3 is 1. The molecule has 1 amide bonds. The Hall–Kier alpha value is -3.82. The summed E-state index contributed by atoms with van der Waals surface area (Å²) in [4.78, 5) is 27.7. The molecular weight excluding hydrogens is 490 g/mol. The van der Waals surface area contributed by atoms with Crippen molar-refractivity contribution in [1.29, 1.82) is 0 Å². The highest BCUT2D eigenvalue weighted by Gasteiger charge is 2.24. The number of nitrogens with zero attached hydrogens (tertiary/aromatic N) is 2. The predicted octanol–water partition coefficient (Wildman–Crippen LogP) is 6.04. The summed E-state index contributed by atoms with van der Waals surface area (Å²) in [6, 6.07) is 17.1. The van der Waals surface area contributed by atoms with E-state index < -0.39 is 4.92 Å². The van der Waals surface area contributed by atoms with Gasteiger partial charge in [-0.1, -0.05) is 29.3 Å².